The third-order valence-corrected chi connectivity index (χ3v) is 7.29. The topological polar surface area (TPSA) is 136 Å². The number of nitrogens with two attached hydrogens (primary N) is 1. The maximum atomic E-state index is 13.8. The van der Waals surface area contributed by atoms with Gasteiger partial charge in [-0.25, -0.2) is 18.2 Å². The molecular weight excluding hydrogens is 476 g/mol. The second kappa shape index (κ2) is 9.70. The largest absolute Gasteiger partial charge is 0.497 e. The van der Waals surface area contributed by atoms with Crippen molar-refractivity contribution in [2.24, 2.45) is 0 Å². The van der Waals surface area contributed by atoms with Crippen molar-refractivity contribution in [3.05, 3.63) is 64.8 Å². The van der Waals surface area contributed by atoms with Crippen LogP contribution in [0.15, 0.2) is 52.9 Å². The van der Waals surface area contributed by atoms with Gasteiger partial charge in [-0.1, -0.05) is 12.1 Å². The van der Waals surface area contributed by atoms with E-state index in [9.17, 15) is 18.5 Å². The first-order chi connectivity index (χ1) is 16.0. The van der Waals surface area contributed by atoms with Crippen LogP contribution in [0.4, 0.5) is 10.7 Å². The second-order valence-corrected chi connectivity index (χ2v) is 10.9. The molecule has 0 saturated heterocycles. The molecule has 0 amide bonds. The molecule has 0 aliphatic rings. The number of carbonyl (C=O) groups is 1. The number of nitrogens with zero attached hydrogens (tertiary/aromatic N) is 3. The van der Waals surface area contributed by atoms with E-state index < -0.39 is 21.6 Å². The van der Waals surface area contributed by atoms with Crippen molar-refractivity contribution in [2.45, 2.75) is 37.8 Å². The Morgan fingerprint density at radius 2 is 1.88 bits per heavy atom. The molecule has 3 rings (SSSR count). The minimum atomic E-state index is -4.23. The summed E-state index contributed by atoms with van der Waals surface area (Å²) in [5.41, 5.74) is 7.08. The molecule has 3 aromatic rings. The van der Waals surface area contributed by atoms with Crippen molar-refractivity contribution < 1.29 is 22.7 Å². The standard InChI is InChI=1S/C23H24N4O5S2/c1-23(2,3)32-22(28)20-21(33-14-26-20)27(13-15-5-7-17(31-4)8-6-15)34(29,30)18-9-10-19(25)16(11-18)12-24/h5-11,14H,13,25H2,1-4H3. The minimum absolute atomic E-state index is 0.0298. The molecule has 0 aliphatic carbocycles. The van der Waals surface area contributed by atoms with E-state index in [2.05, 4.69) is 4.98 Å². The van der Waals surface area contributed by atoms with Gasteiger partial charge in [0.15, 0.2) is 5.69 Å². The number of carbonyl (C=O) groups excluding carboxylic acids is 1. The molecule has 0 unspecified atom stereocenters. The van der Waals surface area contributed by atoms with Crippen LogP contribution in [0, 0.1) is 11.3 Å². The zero-order chi connectivity index (χ0) is 25.1. The molecule has 178 valence electrons. The molecule has 0 spiro atoms. The lowest BCUT2D eigenvalue weighted by molar-refractivity contribution is 0.00646. The van der Waals surface area contributed by atoms with Gasteiger partial charge in [0, 0.05) is 5.69 Å². The van der Waals surface area contributed by atoms with Crippen molar-refractivity contribution in [2.75, 3.05) is 17.1 Å². The van der Waals surface area contributed by atoms with Gasteiger partial charge in [-0.3, -0.25) is 4.31 Å². The molecule has 0 bridgehead atoms. The number of rotatable bonds is 7. The van der Waals surface area contributed by atoms with E-state index in [4.69, 9.17) is 15.2 Å². The van der Waals surface area contributed by atoms with E-state index in [0.29, 0.717) is 11.3 Å². The molecule has 2 N–H and O–H groups in total. The van der Waals surface area contributed by atoms with Crippen LogP contribution in [-0.4, -0.2) is 32.1 Å². The average Bonchev–Trinajstić information content (AvgIpc) is 3.26. The summed E-state index contributed by atoms with van der Waals surface area (Å²) in [5.74, 6) is -0.128. The van der Waals surface area contributed by atoms with Crippen molar-refractivity contribution >= 4 is 38.0 Å². The van der Waals surface area contributed by atoms with Crippen LogP contribution in [0.5, 0.6) is 5.75 Å². The fourth-order valence-electron chi connectivity index (χ4n) is 2.97. The number of ether oxygens (including phenoxy) is 2. The Kier molecular flexibility index (Phi) is 7.14. The number of nitrogen functional groups attached to an aromatic ring is 1. The predicted octanol–water partition coefficient (Wildman–Crippen LogP) is 3.96. The van der Waals surface area contributed by atoms with Crippen LogP contribution < -0.4 is 14.8 Å². The van der Waals surface area contributed by atoms with E-state index in [-0.39, 0.29) is 33.4 Å². The molecule has 2 aromatic carbocycles. The monoisotopic (exact) mass is 500 g/mol. The summed E-state index contributed by atoms with van der Waals surface area (Å²) in [5, 5.41) is 9.42. The minimum Gasteiger partial charge on any atom is -0.497 e. The van der Waals surface area contributed by atoms with Crippen LogP contribution in [-0.2, 0) is 21.3 Å². The molecule has 9 nitrogen and oxygen atoms in total. The van der Waals surface area contributed by atoms with E-state index in [0.717, 1.165) is 15.6 Å². The number of benzene rings is 2. The number of nitriles is 1. The first-order valence-electron chi connectivity index (χ1n) is 10.1. The van der Waals surface area contributed by atoms with E-state index in [1.54, 1.807) is 45.0 Å². The maximum absolute atomic E-state index is 13.8. The highest BCUT2D eigenvalue weighted by Crippen LogP contribution is 2.34. The summed E-state index contributed by atoms with van der Waals surface area (Å²) in [6.07, 6.45) is 0. The van der Waals surface area contributed by atoms with Crippen LogP contribution in [0.3, 0.4) is 0 Å². The normalized spacial score (nSPS) is 11.5. The summed E-state index contributed by atoms with van der Waals surface area (Å²) >= 11 is 0.994. The average molecular weight is 501 g/mol. The van der Waals surface area contributed by atoms with E-state index in [1.807, 2.05) is 6.07 Å². The van der Waals surface area contributed by atoms with Crippen LogP contribution in [0.25, 0.3) is 0 Å². The fourth-order valence-corrected chi connectivity index (χ4v) is 5.46. The third kappa shape index (κ3) is 5.47. The van der Waals surface area contributed by atoms with Gasteiger partial charge in [-0.2, -0.15) is 5.26 Å². The Hall–Kier alpha value is -3.62. The Morgan fingerprint density at radius 1 is 1.21 bits per heavy atom. The molecule has 11 heteroatoms. The van der Waals surface area contributed by atoms with Gasteiger partial charge in [-0.05, 0) is 56.7 Å². The highest BCUT2D eigenvalue weighted by molar-refractivity contribution is 7.93. The summed E-state index contributed by atoms with van der Waals surface area (Å²) in [7, 11) is -2.70. The zero-order valence-electron chi connectivity index (χ0n) is 19.1. The predicted molar refractivity (Wildman–Crippen MR) is 129 cm³/mol. The highest BCUT2D eigenvalue weighted by Gasteiger charge is 2.33. The Labute approximate surface area is 202 Å². The van der Waals surface area contributed by atoms with Crippen LogP contribution in [0.2, 0.25) is 0 Å². The molecule has 0 atom stereocenters. The van der Waals surface area contributed by atoms with Gasteiger partial charge in [0.1, 0.15) is 22.4 Å². The van der Waals surface area contributed by atoms with Crippen molar-refractivity contribution in [3.63, 3.8) is 0 Å². The van der Waals surface area contributed by atoms with Gasteiger partial charge >= 0.3 is 5.97 Å². The number of anilines is 2. The van der Waals surface area contributed by atoms with Crippen molar-refractivity contribution in [1.82, 2.24) is 4.98 Å². The van der Waals surface area contributed by atoms with Crippen LogP contribution in [0.1, 0.15) is 42.4 Å². The lowest BCUT2D eigenvalue weighted by Gasteiger charge is -2.25. The number of hydrogen-bond acceptors (Lipinski definition) is 9. The Balaban J connectivity index is 2.13. The lowest BCUT2D eigenvalue weighted by atomic mass is 10.2. The maximum Gasteiger partial charge on any atom is 0.360 e. The van der Waals surface area contributed by atoms with Gasteiger partial charge in [0.05, 0.1) is 29.6 Å². The summed E-state index contributed by atoms with van der Waals surface area (Å²) in [4.78, 5) is 16.8. The lowest BCUT2D eigenvalue weighted by Crippen LogP contribution is -2.32. The highest BCUT2D eigenvalue weighted by atomic mass is 32.2. The van der Waals surface area contributed by atoms with Gasteiger partial charge in [0.2, 0.25) is 0 Å². The summed E-state index contributed by atoms with van der Waals surface area (Å²) in [6, 6.07) is 12.6. The third-order valence-electron chi connectivity index (χ3n) is 4.59. The summed E-state index contributed by atoms with van der Waals surface area (Å²) < 4.78 is 39.2. The van der Waals surface area contributed by atoms with Crippen molar-refractivity contribution in [1.29, 1.82) is 5.26 Å². The number of aromatic nitrogens is 1. The first kappa shape index (κ1) is 25.0. The quantitative estimate of drug-likeness (QED) is 0.380. The van der Waals surface area contributed by atoms with E-state index in [1.165, 1.54) is 30.8 Å². The summed E-state index contributed by atoms with van der Waals surface area (Å²) in [6.45, 7) is 5.03. The molecule has 0 saturated carbocycles. The SMILES string of the molecule is COc1ccc(CN(c2scnc2C(=O)OC(C)(C)C)S(=O)(=O)c2ccc(N)c(C#N)c2)cc1. The number of sulfonamides is 1. The van der Waals surface area contributed by atoms with Gasteiger partial charge < -0.3 is 15.2 Å². The van der Waals surface area contributed by atoms with Crippen molar-refractivity contribution in [3.8, 4) is 11.8 Å². The molecule has 1 aromatic heterocycles. The molecule has 0 aliphatic heterocycles. The smallest absolute Gasteiger partial charge is 0.360 e. The molecule has 0 fully saturated rings. The van der Waals surface area contributed by atoms with E-state index >= 15 is 0 Å². The fraction of sp³-hybridized carbons (Fsp3) is 0.261. The molecular formula is C23H24N4O5S2. The molecule has 34 heavy (non-hydrogen) atoms. The molecule has 1 heterocycles. The number of methoxy groups -OCH3 is 1. The number of hydrogen-bond donors (Lipinski definition) is 1. The zero-order valence-corrected chi connectivity index (χ0v) is 20.7. The Bertz CT molecular complexity index is 1340. The van der Waals surface area contributed by atoms with Gasteiger partial charge in [0.25, 0.3) is 10.0 Å². The molecule has 0 radical (unpaired) electrons. The number of esters is 1. The van der Waals surface area contributed by atoms with Crippen LogP contribution >= 0.6 is 11.3 Å². The Morgan fingerprint density at radius 3 is 2.47 bits per heavy atom. The number of thiazole rings is 1. The van der Waals surface area contributed by atoms with Gasteiger partial charge in [-0.15, -0.1) is 11.3 Å². The second-order valence-electron chi connectivity index (χ2n) is 8.23. The first-order valence-corrected chi connectivity index (χ1v) is 12.4.